The van der Waals surface area contributed by atoms with Gasteiger partial charge in [0.25, 0.3) is 5.56 Å². The predicted octanol–water partition coefficient (Wildman–Crippen LogP) is 1.24. The van der Waals surface area contributed by atoms with E-state index in [1.54, 1.807) is 31.2 Å². The Balaban J connectivity index is 2.40. The van der Waals surface area contributed by atoms with E-state index in [9.17, 15) is 14.4 Å². The molecule has 1 aromatic heterocycles. The van der Waals surface area contributed by atoms with Crippen LogP contribution in [0.3, 0.4) is 0 Å². The van der Waals surface area contributed by atoms with Crippen LogP contribution in [-0.2, 0) is 4.79 Å². The summed E-state index contributed by atoms with van der Waals surface area (Å²) in [4.78, 5) is 33.6. The lowest BCUT2D eigenvalue weighted by Crippen LogP contribution is -2.17. The van der Waals surface area contributed by atoms with Crippen molar-refractivity contribution < 1.29 is 9.59 Å². The summed E-state index contributed by atoms with van der Waals surface area (Å²) in [6.07, 6.45) is 0.538. The smallest absolute Gasteiger partial charge is 0.282 e. The molecule has 0 unspecified atom stereocenters. The molecule has 0 aliphatic carbocycles. The summed E-state index contributed by atoms with van der Waals surface area (Å²) in [5.41, 5.74) is 1.48. The molecule has 1 aromatic carbocycles. The first-order chi connectivity index (χ1) is 9.02. The number of H-pyrrole nitrogens is 1. The number of anilines is 1. The van der Waals surface area contributed by atoms with Crippen LogP contribution in [0, 0.1) is 6.92 Å². The number of hydrogen-bond acceptors (Lipinski definition) is 3. The van der Waals surface area contributed by atoms with Crippen LogP contribution in [0.5, 0.6) is 0 Å². The highest BCUT2D eigenvalue weighted by Crippen LogP contribution is 2.12. The van der Waals surface area contributed by atoms with E-state index in [1.165, 1.54) is 11.6 Å². The molecule has 6 nitrogen and oxygen atoms in total. The van der Waals surface area contributed by atoms with Gasteiger partial charge in [-0.2, -0.15) is 0 Å². The average molecular weight is 259 g/mol. The molecule has 2 aromatic rings. The first-order valence-corrected chi connectivity index (χ1v) is 5.67. The number of nitrogens with zero attached hydrogens (tertiary/aromatic N) is 1. The molecule has 0 bridgehead atoms. The lowest BCUT2D eigenvalue weighted by atomic mass is 10.2. The van der Waals surface area contributed by atoms with Gasteiger partial charge in [0.1, 0.15) is 5.56 Å². The van der Waals surface area contributed by atoms with Crippen LogP contribution in [0.15, 0.2) is 29.1 Å². The molecule has 1 heterocycles. The van der Waals surface area contributed by atoms with Gasteiger partial charge in [-0.15, -0.1) is 0 Å². The van der Waals surface area contributed by atoms with E-state index in [-0.39, 0.29) is 17.0 Å². The minimum Gasteiger partial charge on any atom is -0.326 e. The number of rotatable bonds is 3. The van der Waals surface area contributed by atoms with Gasteiger partial charge in [-0.1, -0.05) is 0 Å². The number of nitrogens with one attached hydrogen (secondary N) is 2. The highest BCUT2D eigenvalue weighted by molar-refractivity contribution is 5.88. The SMILES string of the molecule is CC(=O)Nc1ccc(-n2[nH]c(C)c(C=O)c2=O)cc1. The van der Waals surface area contributed by atoms with Crippen molar-refractivity contribution >= 4 is 17.9 Å². The Kier molecular flexibility index (Phi) is 3.33. The molecule has 0 atom stereocenters. The van der Waals surface area contributed by atoms with Crippen molar-refractivity contribution in [2.24, 2.45) is 0 Å². The van der Waals surface area contributed by atoms with Crippen molar-refractivity contribution in [3.05, 3.63) is 45.9 Å². The van der Waals surface area contributed by atoms with Crippen molar-refractivity contribution in [1.29, 1.82) is 0 Å². The third-order valence-corrected chi connectivity index (χ3v) is 2.68. The lowest BCUT2D eigenvalue weighted by molar-refractivity contribution is -0.114. The number of amides is 1. The summed E-state index contributed by atoms with van der Waals surface area (Å²) in [5.74, 6) is -0.163. The number of benzene rings is 1. The standard InChI is InChI=1S/C13H13N3O3/c1-8-12(7-17)13(19)16(15-8)11-5-3-10(4-6-11)14-9(2)18/h3-7,15H,1-2H3,(H,14,18). The second-order valence-electron chi connectivity index (χ2n) is 4.14. The number of aryl methyl sites for hydroxylation is 1. The van der Waals surface area contributed by atoms with E-state index in [4.69, 9.17) is 0 Å². The minimum absolute atomic E-state index is 0.117. The molecule has 1 amide bonds. The highest BCUT2D eigenvalue weighted by Gasteiger charge is 2.11. The Morgan fingerprint density at radius 1 is 1.32 bits per heavy atom. The fourth-order valence-corrected chi connectivity index (χ4v) is 1.78. The molecule has 0 saturated carbocycles. The van der Waals surface area contributed by atoms with Gasteiger partial charge in [-0.25, -0.2) is 4.68 Å². The van der Waals surface area contributed by atoms with Gasteiger partial charge in [0, 0.05) is 18.3 Å². The second-order valence-corrected chi connectivity index (χ2v) is 4.14. The molecule has 2 rings (SSSR count). The van der Waals surface area contributed by atoms with Crippen LogP contribution < -0.4 is 10.9 Å². The maximum Gasteiger partial charge on any atom is 0.282 e. The maximum atomic E-state index is 11.9. The van der Waals surface area contributed by atoms with E-state index >= 15 is 0 Å². The quantitative estimate of drug-likeness (QED) is 0.813. The van der Waals surface area contributed by atoms with Crippen LogP contribution in [0.25, 0.3) is 5.69 Å². The molecule has 19 heavy (non-hydrogen) atoms. The Labute approximate surface area is 109 Å². The number of carbonyl (C=O) groups excluding carboxylic acids is 2. The Morgan fingerprint density at radius 2 is 1.95 bits per heavy atom. The Morgan fingerprint density at radius 3 is 2.42 bits per heavy atom. The number of hydrogen-bond donors (Lipinski definition) is 2. The fraction of sp³-hybridized carbons (Fsp3) is 0.154. The highest BCUT2D eigenvalue weighted by atomic mass is 16.2. The number of aromatic amines is 1. The normalized spacial score (nSPS) is 10.2. The van der Waals surface area contributed by atoms with Crippen molar-refractivity contribution in [3.63, 3.8) is 0 Å². The topological polar surface area (TPSA) is 84.0 Å². The molecule has 0 saturated heterocycles. The van der Waals surface area contributed by atoms with Gasteiger partial charge in [-0.05, 0) is 31.2 Å². The fourth-order valence-electron chi connectivity index (χ4n) is 1.78. The van der Waals surface area contributed by atoms with Crippen LogP contribution in [-0.4, -0.2) is 22.0 Å². The molecule has 0 fully saturated rings. The van der Waals surface area contributed by atoms with E-state index in [2.05, 4.69) is 10.4 Å². The first-order valence-electron chi connectivity index (χ1n) is 5.67. The number of aromatic nitrogens is 2. The third-order valence-electron chi connectivity index (χ3n) is 2.68. The molecular weight excluding hydrogens is 246 g/mol. The first kappa shape index (κ1) is 12.8. The number of aldehydes is 1. The summed E-state index contributed by atoms with van der Waals surface area (Å²) in [7, 11) is 0. The molecule has 98 valence electrons. The second kappa shape index (κ2) is 4.93. The molecule has 6 heteroatoms. The van der Waals surface area contributed by atoms with Crippen molar-refractivity contribution in [2.45, 2.75) is 13.8 Å². The third kappa shape index (κ3) is 2.47. The molecular formula is C13H13N3O3. The summed E-state index contributed by atoms with van der Waals surface area (Å²) < 4.78 is 1.29. The summed E-state index contributed by atoms with van der Waals surface area (Å²) in [6, 6.07) is 6.72. The summed E-state index contributed by atoms with van der Waals surface area (Å²) in [6.45, 7) is 3.08. The zero-order valence-corrected chi connectivity index (χ0v) is 10.6. The van der Waals surface area contributed by atoms with Gasteiger partial charge in [0.15, 0.2) is 6.29 Å². The minimum atomic E-state index is -0.389. The zero-order chi connectivity index (χ0) is 14.0. The van der Waals surface area contributed by atoms with Gasteiger partial charge >= 0.3 is 0 Å². The van der Waals surface area contributed by atoms with E-state index in [0.29, 0.717) is 23.4 Å². The van der Waals surface area contributed by atoms with Gasteiger partial charge in [0.2, 0.25) is 5.91 Å². The molecule has 0 radical (unpaired) electrons. The van der Waals surface area contributed by atoms with Crippen LogP contribution >= 0.6 is 0 Å². The van der Waals surface area contributed by atoms with Crippen LogP contribution in [0.4, 0.5) is 5.69 Å². The van der Waals surface area contributed by atoms with Gasteiger partial charge < -0.3 is 5.32 Å². The molecule has 0 aliphatic heterocycles. The lowest BCUT2D eigenvalue weighted by Gasteiger charge is -2.04. The predicted molar refractivity (Wildman–Crippen MR) is 70.8 cm³/mol. The summed E-state index contributed by atoms with van der Waals surface area (Å²) in [5, 5.41) is 5.46. The summed E-state index contributed by atoms with van der Waals surface area (Å²) >= 11 is 0. The van der Waals surface area contributed by atoms with E-state index in [0.717, 1.165) is 0 Å². The average Bonchev–Trinajstić information content (AvgIpc) is 2.64. The van der Waals surface area contributed by atoms with Crippen molar-refractivity contribution in [1.82, 2.24) is 9.78 Å². The molecule has 0 aliphatic rings. The van der Waals surface area contributed by atoms with Gasteiger partial charge in [0.05, 0.1) is 5.69 Å². The number of carbonyl (C=O) groups is 2. The van der Waals surface area contributed by atoms with Gasteiger partial charge in [-0.3, -0.25) is 19.5 Å². The van der Waals surface area contributed by atoms with Crippen LogP contribution in [0.1, 0.15) is 23.0 Å². The molecule has 0 spiro atoms. The monoisotopic (exact) mass is 259 g/mol. The Bertz CT molecular complexity index is 680. The maximum absolute atomic E-state index is 11.9. The van der Waals surface area contributed by atoms with Crippen molar-refractivity contribution in [2.75, 3.05) is 5.32 Å². The van der Waals surface area contributed by atoms with Crippen molar-refractivity contribution in [3.8, 4) is 5.69 Å². The molecule has 2 N–H and O–H groups in total. The van der Waals surface area contributed by atoms with E-state index in [1.807, 2.05) is 0 Å². The Hall–Kier alpha value is -2.63. The zero-order valence-electron chi connectivity index (χ0n) is 10.6. The van der Waals surface area contributed by atoms with Crippen LogP contribution in [0.2, 0.25) is 0 Å². The van der Waals surface area contributed by atoms with E-state index < -0.39 is 0 Å². The largest absolute Gasteiger partial charge is 0.326 e.